The maximum Gasteiger partial charge on any atom is 0.311 e. The van der Waals surface area contributed by atoms with E-state index < -0.39 is 10.8 Å². The molecular weight excluding hydrogens is 444 g/mol. The first-order valence-corrected chi connectivity index (χ1v) is 10.3. The van der Waals surface area contributed by atoms with Gasteiger partial charge in [-0.3, -0.25) is 20.2 Å². The van der Waals surface area contributed by atoms with E-state index in [4.69, 9.17) is 33.3 Å². The van der Waals surface area contributed by atoms with Gasteiger partial charge in [0, 0.05) is 24.7 Å². The molecular formula is C20H21ClN4O5S. The first-order chi connectivity index (χ1) is 14.9. The molecule has 3 rings (SSSR count). The predicted molar refractivity (Wildman–Crippen MR) is 122 cm³/mol. The minimum Gasteiger partial charge on any atom is -0.487 e. The highest BCUT2D eigenvalue weighted by Gasteiger charge is 2.21. The molecule has 0 aliphatic carbocycles. The molecule has 0 bridgehead atoms. The van der Waals surface area contributed by atoms with Crippen molar-refractivity contribution in [1.29, 1.82) is 0 Å². The highest BCUT2D eigenvalue weighted by atomic mass is 35.5. The second-order valence-corrected chi connectivity index (χ2v) is 7.33. The molecule has 11 heteroatoms. The molecule has 9 nitrogen and oxygen atoms in total. The van der Waals surface area contributed by atoms with E-state index in [2.05, 4.69) is 15.5 Å². The van der Waals surface area contributed by atoms with Crippen molar-refractivity contribution >= 4 is 51.9 Å². The van der Waals surface area contributed by atoms with Gasteiger partial charge in [-0.1, -0.05) is 17.7 Å². The number of hydrogen-bond acceptors (Lipinski definition) is 7. The molecule has 1 saturated heterocycles. The molecule has 0 unspecified atom stereocenters. The Bertz CT molecular complexity index is 998. The number of nitro groups is 1. The van der Waals surface area contributed by atoms with E-state index in [-0.39, 0.29) is 28.7 Å². The molecule has 2 N–H and O–H groups in total. The third-order valence-corrected chi connectivity index (χ3v) is 5.02. The van der Waals surface area contributed by atoms with Gasteiger partial charge in [0.15, 0.2) is 10.9 Å². The number of ether oxygens (including phenoxy) is 2. The zero-order valence-corrected chi connectivity index (χ0v) is 18.3. The van der Waals surface area contributed by atoms with Crippen molar-refractivity contribution in [2.24, 2.45) is 0 Å². The Morgan fingerprint density at radius 1 is 1.32 bits per heavy atom. The Hall–Kier alpha value is -2.95. The van der Waals surface area contributed by atoms with Crippen molar-refractivity contribution in [3.05, 3.63) is 57.1 Å². The van der Waals surface area contributed by atoms with Gasteiger partial charge in [-0.05, 0) is 43.4 Å². The summed E-state index contributed by atoms with van der Waals surface area (Å²) in [7, 11) is 0. The standard InChI is InChI=1S/C20H21ClN4O5S/c1-2-30-17-7-6-13(12-16(17)25(27)28)19(26)23-20(31)22-15-5-3-4-14(21)18(15)24-8-10-29-11-9-24/h3-7,12H,2,8-11H2,1H3,(H2,22,23,26,31). The second kappa shape index (κ2) is 10.4. The monoisotopic (exact) mass is 464 g/mol. The highest BCUT2D eigenvalue weighted by molar-refractivity contribution is 7.80. The molecule has 0 aromatic heterocycles. The van der Waals surface area contributed by atoms with E-state index in [9.17, 15) is 14.9 Å². The van der Waals surface area contributed by atoms with Crippen molar-refractivity contribution < 1.29 is 19.2 Å². The van der Waals surface area contributed by atoms with Gasteiger partial charge in [0.05, 0.1) is 41.1 Å². The smallest absolute Gasteiger partial charge is 0.311 e. The number of benzene rings is 2. The molecule has 0 spiro atoms. The van der Waals surface area contributed by atoms with Crippen LogP contribution in [-0.2, 0) is 4.74 Å². The molecule has 31 heavy (non-hydrogen) atoms. The van der Waals surface area contributed by atoms with Crippen LogP contribution >= 0.6 is 23.8 Å². The van der Waals surface area contributed by atoms with Gasteiger partial charge < -0.3 is 19.7 Å². The van der Waals surface area contributed by atoms with E-state index in [1.165, 1.54) is 12.1 Å². The molecule has 1 aliphatic rings. The molecule has 0 atom stereocenters. The fourth-order valence-corrected chi connectivity index (χ4v) is 3.63. The number of nitro benzene ring substituents is 1. The lowest BCUT2D eigenvalue weighted by molar-refractivity contribution is -0.385. The zero-order valence-electron chi connectivity index (χ0n) is 16.7. The molecule has 1 amide bonds. The van der Waals surface area contributed by atoms with Crippen LogP contribution in [0.15, 0.2) is 36.4 Å². The Kier molecular flexibility index (Phi) is 7.61. The maximum atomic E-state index is 12.6. The highest BCUT2D eigenvalue weighted by Crippen LogP contribution is 2.34. The van der Waals surface area contributed by atoms with Crippen molar-refractivity contribution in [2.45, 2.75) is 6.92 Å². The number of anilines is 2. The Balaban J connectivity index is 1.74. The number of carbonyl (C=O) groups excluding carboxylic acids is 1. The normalized spacial score (nSPS) is 13.4. The number of nitrogens with zero attached hydrogens (tertiary/aromatic N) is 2. The zero-order chi connectivity index (χ0) is 22.4. The summed E-state index contributed by atoms with van der Waals surface area (Å²) < 4.78 is 10.6. The number of nitrogens with one attached hydrogen (secondary N) is 2. The average Bonchev–Trinajstić information content (AvgIpc) is 2.74. The van der Waals surface area contributed by atoms with Gasteiger partial charge in [-0.25, -0.2) is 0 Å². The lowest BCUT2D eigenvalue weighted by Gasteiger charge is -2.31. The summed E-state index contributed by atoms with van der Waals surface area (Å²) in [5.74, 6) is -0.488. The number of rotatable bonds is 6. The summed E-state index contributed by atoms with van der Waals surface area (Å²) in [6.45, 7) is 4.51. The molecule has 1 heterocycles. The molecule has 1 fully saturated rings. The molecule has 2 aromatic rings. The fraction of sp³-hybridized carbons (Fsp3) is 0.300. The van der Waals surface area contributed by atoms with Gasteiger partial charge in [-0.2, -0.15) is 0 Å². The van der Waals surface area contributed by atoms with Gasteiger partial charge in [0.1, 0.15) is 0 Å². The van der Waals surface area contributed by atoms with E-state index in [0.717, 1.165) is 11.8 Å². The van der Waals surface area contributed by atoms with Crippen molar-refractivity contribution in [1.82, 2.24) is 5.32 Å². The third kappa shape index (κ3) is 5.60. The lowest BCUT2D eigenvalue weighted by Crippen LogP contribution is -2.38. The average molecular weight is 465 g/mol. The van der Waals surface area contributed by atoms with Gasteiger partial charge in [-0.15, -0.1) is 0 Å². The largest absolute Gasteiger partial charge is 0.487 e. The first kappa shape index (κ1) is 22.7. The topological polar surface area (TPSA) is 106 Å². The summed E-state index contributed by atoms with van der Waals surface area (Å²) in [5, 5.41) is 17.4. The first-order valence-electron chi connectivity index (χ1n) is 9.55. The van der Waals surface area contributed by atoms with Gasteiger partial charge in [0.2, 0.25) is 0 Å². The van der Waals surface area contributed by atoms with E-state index in [1.807, 2.05) is 0 Å². The minimum absolute atomic E-state index is 0.0401. The SMILES string of the molecule is CCOc1ccc(C(=O)NC(=S)Nc2cccc(Cl)c2N2CCOCC2)cc1[N+](=O)[O-]. The Morgan fingerprint density at radius 2 is 2.06 bits per heavy atom. The van der Waals surface area contributed by atoms with E-state index >= 15 is 0 Å². The number of para-hydroxylation sites is 1. The summed E-state index contributed by atoms with van der Waals surface area (Å²) in [4.78, 5) is 25.4. The van der Waals surface area contributed by atoms with Crippen LogP contribution in [0.2, 0.25) is 5.02 Å². The fourth-order valence-electron chi connectivity index (χ4n) is 3.13. The number of amides is 1. The van der Waals surface area contributed by atoms with Crippen LogP contribution in [-0.4, -0.2) is 48.9 Å². The van der Waals surface area contributed by atoms with Crippen molar-refractivity contribution in [3.63, 3.8) is 0 Å². The van der Waals surface area contributed by atoms with Crippen LogP contribution < -0.4 is 20.3 Å². The molecule has 2 aromatic carbocycles. The third-order valence-electron chi connectivity index (χ3n) is 4.51. The Morgan fingerprint density at radius 3 is 2.74 bits per heavy atom. The van der Waals surface area contributed by atoms with Crippen LogP contribution in [0, 0.1) is 10.1 Å². The summed E-state index contributed by atoms with van der Waals surface area (Å²) in [5.41, 5.74) is 1.19. The molecule has 0 saturated carbocycles. The Labute approximate surface area is 189 Å². The van der Waals surface area contributed by atoms with Crippen LogP contribution in [0.4, 0.5) is 17.1 Å². The summed E-state index contributed by atoms with van der Waals surface area (Å²) in [6.07, 6.45) is 0. The number of halogens is 1. The number of thiocarbonyl (C=S) groups is 1. The lowest BCUT2D eigenvalue weighted by atomic mass is 10.1. The van der Waals surface area contributed by atoms with Crippen LogP contribution in [0.1, 0.15) is 17.3 Å². The van der Waals surface area contributed by atoms with E-state index in [0.29, 0.717) is 37.0 Å². The number of carbonyl (C=O) groups is 1. The predicted octanol–water partition coefficient (Wildman–Crippen LogP) is 3.61. The van der Waals surface area contributed by atoms with Crippen LogP contribution in [0.3, 0.4) is 0 Å². The number of hydrogen-bond donors (Lipinski definition) is 2. The van der Waals surface area contributed by atoms with Crippen molar-refractivity contribution in [2.75, 3.05) is 43.1 Å². The van der Waals surface area contributed by atoms with Gasteiger partial charge in [0.25, 0.3) is 5.91 Å². The quantitative estimate of drug-likeness (QED) is 0.379. The molecule has 1 aliphatic heterocycles. The van der Waals surface area contributed by atoms with Crippen molar-refractivity contribution in [3.8, 4) is 5.75 Å². The van der Waals surface area contributed by atoms with Gasteiger partial charge >= 0.3 is 5.69 Å². The minimum atomic E-state index is -0.598. The second-order valence-electron chi connectivity index (χ2n) is 6.52. The maximum absolute atomic E-state index is 12.6. The van der Waals surface area contributed by atoms with E-state index in [1.54, 1.807) is 25.1 Å². The molecule has 0 radical (unpaired) electrons. The van der Waals surface area contributed by atoms with Crippen LogP contribution in [0.5, 0.6) is 5.75 Å². The molecule has 164 valence electrons. The summed E-state index contributed by atoms with van der Waals surface area (Å²) in [6, 6.07) is 9.33. The number of morpholine rings is 1. The van der Waals surface area contributed by atoms with Crippen LogP contribution in [0.25, 0.3) is 0 Å². The summed E-state index contributed by atoms with van der Waals surface area (Å²) >= 11 is 11.7.